The molecule has 1 aliphatic rings. The van der Waals surface area contributed by atoms with Crippen LogP contribution in [0.4, 0.5) is 0 Å². The van der Waals surface area contributed by atoms with Gasteiger partial charge in [-0.25, -0.2) is 0 Å². The molecule has 0 aromatic heterocycles. The number of hydrogen-bond acceptors (Lipinski definition) is 3. The molecule has 0 bridgehead atoms. The molecule has 1 rings (SSSR count). The summed E-state index contributed by atoms with van der Waals surface area (Å²) in [5, 5.41) is 6.87. The monoisotopic (exact) mass is 260 g/mol. The largest absolute Gasteiger partial charge is 0.379 e. The number of hydrogen-bond donors (Lipinski definition) is 2. The molecule has 1 fully saturated rings. The van der Waals surface area contributed by atoms with Crippen LogP contribution in [-0.4, -0.2) is 63.8 Å². The molecular formula is C11H21ClN4O. The lowest BCUT2D eigenvalue weighted by Crippen LogP contribution is -2.44. The number of guanidine groups is 1. The summed E-state index contributed by atoms with van der Waals surface area (Å²) in [5.41, 5.74) is 0. The van der Waals surface area contributed by atoms with E-state index >= 15 is 0 Å². The molecule has 98 valence electrons. The second kappa shape index (κ2) is 8.33. The molecule has 0 unspecified atom stereocenters. The summed E-state index contributed by atoms with van der Waals surface area (Å²) in [5.74, 6) is 0.750. The fraction of sp³-hybridized carbons (Fsp3) is 0.727. The molecule has 5 nitrogen and oxygen atoms in total. The fourth-order valence-electron chi connectivity index (χ4n) is 1.56. The van der Waals surface area contributed by atoms with E-state index in [-0.39, 0.29) is 0 Å². The van der Waals surface area contributed by atoms with Gasteiger partial charge in [-0.1, -0.05) is 18.2 Å². The van der Waals surface area contributed by atoms with Crippen molar-refractivity contribution in [3.63, 3.8) is 0 Å². The molecule has 6 heteroatoms. The van der Waals surface area contributed by atoms with E-state index in [1.807, 2.05) is 0 Å². The van der Waals surface area contributed by atoms with E-state index in [1.54, 1.807) is 7.05 Å². The molecule has 0 aromatic rings. The van der Waals surface area contributed by atoms with Crippen molar-refractivity contribution in [1.82, 2.24) is 15.5 Å². The van der Waals surface area contributed by atoms with Crippen molar-refractivity contribution in [1.29, 1.82) is 0 Å². The van der Waals surface area contributed by atoms with Gasteiger partial charge >= 0.3 is 0 Å². The van der Waals surface area contributed by atoms with Crippen molar-refractivity contribution in [3.8, 4) is 0 Å². The Kier molecular flexibility index (Phi) is 7.00. The minimum Gasteiger partial charge on any atom is -0.379 e. The Morgan fingerprint density at radius 3 is 2.71 bits per heavy atom. The number of morpholine rings is 1. The second-order valence-corrected chi connectivity index (χ2v) is 4.36. The zero-order valence-electron chi connectivity index (χ0n) is 10.3. The average molecular weight is 261 g/mol. The lowest BCUT2D eigenvalue weighted by atomic mass is 10.4. The highest BCUT2D eigenvalue weighted by atomic mass is 35.5. The molecule has 0 aromatic carbocycles. The lowest BCUT2D eigenvalue weighted by Gasteiger charge is -2.26. The first-order chi connectivity index (χ1) is 8.22. The van der Waals surface area contributed by atoms with Crippen LogP contribution in [0, 0.1) is 0 Å². The summed E-state index contributed by atoms with van der Waals surface area (Å²) in [6, 6.07) is 0. The van der Waals surface area contributed by atoms with Crippen LogP contribution in [0.25, 0.3) is 0 Å². The summed E-state index contributed by atoms with van der Waals surface area (Å²) < 4.78 is 5.29. The minimum atomic E-state index is 0.527. The Morgan fingerprint density at radius 2 is 2.12 bits per heavy atom. The third-order valence-corrected chi connectivity index (χ3v) is 2.63. The molecule has 0 amide bonds. The van der Waals surface area contributed by atoms with Crippen LogP contribution < -0.4 is 10.6 Å². The van der Waals surface area contributed by atoms with E-state index in [0.29, 0.717) is 11.6 Å². The number of ether oxygens (including phenoxy) is 1. The quantitative estimate of drug-likeness (QED) is 0.549. The van der Waals surface area contributed by atoms with Crippen molar-refractivity contribution >= 4 is 17.6 Å². The molecule has 0 saturated carbocycles. The van der Waals surface area contributed by atoms with Gasteiger partial charge in [-0.3, -0.25) is 9.89 Å². The van der Waals surface area contributed by atoms with Gasteiger partial charge in [-0.05, 0) is 0 Å². The van der Waals surface area contributed by atoms with E-state index in [0.717, 1.165) is 45.4 Å². The van der Waals surface area contributed by atoms with Crippen molar-refractivity contribution < 1.29 is 4.74 Å². The van der Waals surface area contributed by atoms with Crippen LogP contribution >= 0.6 is 11.6 Å². The topological polar surface area (TPSA) is 48.9 Å². The van der Waals surface area contributed by atoms with Crippen molar-refractivity contribution in [2.24, 2.45) is 4.99 Å². The molecule has 0 atom stereocenters. The maximum atomic E-state index is 5.67. The summed E-state index contributed by atoms with van der Waals surface area (Å²) in [7, 11) is 1.74. The number of rotatable bonds is 5. The standard InChI is InChI=1S/C11H21ClN4O/c1-10(12)9-15-11(13-2)14-3-4-16-5-7-17-8-6-16/h1,3-9H2,2H3,(H2,13,14,15). The number of nitrogens with one attached hydrogen (secondary N) is 2. The van der Waals surface area contributed by atoms with Crippen LogP contribution in [0.5, 0.6) is 0 Å². The lowest BCUT2D eigenvalue weighted by molar-refractivity contribution is 0.0389. The molecule has 1 aliphatic heterocycles. The van der Waals surface area contributed by atoms with Crippen molar-refractivity contribution in [3.05, 3.63) is 11.6 Å². The normalized spacial score (nSPS) is 17.9. The number of aliphatic imine (C=N–C) groups is 1. The van der Waals surface area contributed by atoms with E-state index in [9.17, 15) is 0 Å². The molecule has 17 heavy (non-hydrogen) atoms. The molecule has 0 spiro atoms. The zero-order valence-corrected chi connectivity index (χ0v) is 11.1. The van der Waals surface area contributed by atoms with E-state index in [1.165, 1.54) is 0 Å². The second-order valence-electron chi connectivity index (χ2n) is 3.82. The van der Waals surface area contributed by atoms with Crippen LogP contribution in [0.1, 0.15) is 0 Å². The maximum Gasteiger partial charge on any atom is 0.191 e. The Hall–Kier alpha value is -0.780. The predicted molar refractivity (Wildman–Crippen MR) is 71.6 cm³/mol. The van der Waals surface area contributed by atoms with Crippen LogP contribution in [-0.2, 0) is 4.74 Å². The molecule has 2 N–H and O–H groups in total. The highest BCUT2D eigenvalue weighted by molar-refractivity contribution is 6.29. The van der Waals surface area contributed by atoms with Gasteiger partial charge in [0, 0.05) is 38.3 Å². The van der Waals surface area contributed by atoms with Crippen LogP contribution in [0.15, 0.2) is 16.6 Å². The molecular weight excluding hydrogens is 240 g/mol. The van der Waals surface area contributed by atoms with Gasteiger partial charge in [0.05, 0.1) is 19.8 Å². The molecule has 0 radical (unpaired) electrons. The van der Waals surface area contributed by atoms with E-state index < -0.39 is 0 Å². The Labute approximate surface area is 108 Å². The van der Waals surface area contributed by atoms with Gasteiger partial charge in [0.25, 0.3) is 0 Å². The predicted octanol–water partition coefficient (Wildman–Crippen LogP) is 0.236. The first kappa shape index (κ1) is 14.3. The summed E-state index contributed by atoms with van der Waals surface area (Å²) in [4.78, 5) is 6.46. The van der Waals surface area contributed by atoms with Crippen molar-refractivity contribution in [2.45, 2.75) is 0 Å². The first-order valence-corrected chi connectivity index (χ1v) is 6.18. The Balaban J connectivity index is 2.12. The zero-order chi connectivity index (χ0) is 12.5. The maximum absolute atomic E-state index is 5.67. The molecule has 0 aliphatic carbocycles. The van der Waals surface area contributed by atoms with Gasteiger partial charge in [-0.15, -0.1) is 0 Å². The van der Waals surface area contributed by atoms with Gasteiger partial charge in [0.15, 0.2) is 5.96 Å². The minimum absolute atomic E-state index is 0.527. The Morgan fingerprint density at radius 1 is 1.41 bits per heavy atom. The summed E-state index contributed by atoms with van der Waals surface area (Å²) in [6.45, 7) is 9.66. The smallest absolute Gasteiger partial charge is 0.191 e. The fourth-order valence-corrected chi connectivity index (χ4v) is 1.62. The van der Waals surface area contributed by atoms with Gasteiger partial charge in [0.1, 0.15) is 0 Å². The highest BCUT2D eigenvalue weighted by Crippen LogP contribution is 1.95. The highest BCUT2D eigenvalue weighted by Gasteiger charge is 2.09. The van der Waals surface area contributed by atoms with E-state index in [2.05, 4.69) is 27.1 Å². The SMILES string of the molecule is C=C(Cl)CNC(=NC)NCCN1CCOCC1. The van der Waals surface area contributed by atoms with Gasteiger partial charge in [-0.2, -0.15) is 0 Å². The van der Waals surface area contributed by atoms with Crippen LogP contribution in [0.2, 0.25) is 0 Å². The molecule has 1 saturated heterocycles. The summed E-state index contributed by atoms with van der Waals surface area (Å²) >= 11 is 5.67. The van der Waals surface area contributed by atoms with Gasteiger partial charge < -0.3 is 15.4 Å². The first-order valence-electron chi connectivity index (χ1n) is 5.80. The third kappa shape index (κ3) is 6.51. The van der Waals surface area contributed by atoms with Gasteiger partial charge in [0.2, 0.25) is 0 Å². The van der Waals surface area contributed by atoms with E-state index in [4.69, 9.17) is 16.3 Å². The molecule has 1 heterocycles. The Bertz CT molecular complexity index is 264. The summed E-state index contributed by atoms with van der Waals surface area (Å²) in [6.07, 6.45) is 0. The third-order valence-electron chi connectivity index (χ3n) is 2.50. The van der Waals surface area contributed by atoms with Crippen LogP contribution in [0.3, 0.4) is 0 Å². The average Bonchev–Trinajstić information content (AvgIpc) is 2.34. The number of nitrogens with zero attached hydrogens (tertiary/aromatic N) is 2. The number of halogens is 1. The van der Waals surface area contributed by atoms with Crippen molar-refractivity contribution in [2.75, 3.05) is 53.0 Å².